The van der Waals surface area contributed by atoms with Crippen LogP contribution in [0.25, 0.3) is 0 Å². The van der Waals surface area contributed by atoms with Crippen LogP contribution in [0.4, 0.5) is 0 Å². The number of carbonyl (C=O) groups is 2. The van der Waals surface area contributed by atoms with Gasteiger partial charge >= 0.3 is 5.97 Å². The first-order valence-corrected chi connectivity index (χ1v) is 7.73. The molecule has 1 amide bonds. The molecule has 1 aromatic carbocycles. The van der Waals surface area contributed by atoms with Gasteiger partial charge in [-0.05, 0) is 51.8 Å². The number of carbonyl (C=O) groups excluding carboxylic acids is 2. The van der Waals surface area contributed by atoms with E-state index in [1.807, 2.05) is 24.3 Å². The number of amides is 1. The molecule has 0 aliphatic carbocycles. The first-order chi connectivity index (χ1) is 9.67. The van der Waals surface area contributed by atoms with E-state index in [1.165, 1.54) is 0 Å². The minimum atomic E-state index is -0.640. The van der Waals surface area contributed by atoms with Crippen molar-refractivity contribution in [1.29, 1.82) is 0 Å². The number of nitrogens with one attached hydrogen (secondary N) is 1. The van der Waals surface area contributed by atoms with E-state index in [0.717, 1.165) is 10.0 Å². The van der Waals surface area contributed by atoms with Crippen LogP contribution in [0.2, 0.25) is 0 Å². The van der Waals surface area contributed by atoms with Crippen LogP contribution in [0.15, 0.2) is 28.7 Å². The van der Waals surface area contributed by atoms with Crippen LogP contribution in [0.5, 0.6) is 0 Å². The van der Waals surface area contributed by atoms with E-state index in [-0.39, 0.29) is 5.91 Å². The van der Waals surface area contributed by atoms with Crippen LogP contribution in [0, 0.1) is 0 Å². The highest BCUT2D eigenvalue weighted by Gasteiger charge is 2.22. The lowest BCUT2D eigenvalue weighted by molar-refractivity contribution is -0.158. The molecule has 116 valence electrons. The molecule has 1 aromatic rings. The van der Waals surface area contributed by atoms with Crippen LogP contribution >= 0.6 is 15.9 Å². The maximum atomic E-state index is 11.9. The largest absolute Gasteiger partial charge is 0.458 e. The van der Waals surface area contributed by atoms with Gasteiger partial charge in [0.05, 0.1) is 0 Å². The molecule has 0 saturated carbocycles. The van der Waals surface area contributed by atoms with Crippen molar-refractivity contribution in [2.75, 3.05) is 0 Å². The Bertz CT molecular complexity index is 508. The molecule has 1 N–H and O–H groups in total. The number of aryl methyl sites for hydroxylation is 1. The molecule has 1 rings (SSSR count). The summed E-state index contributed by atoms with van der Waals surface area (Å²) in [6.45, 7) is 7.02. The number of ether oxygens (including phenoxy) is 1. The van der Waals surface area contributed by atoms with Crippen molar-refractivity contribution in [2.45, 2.75) is 52.2 Å². The number of hydrogen-bond donors (Lipinski definition) is 1. The van der Waals surface area contributed by atoms with Crippen LogP contribution in [0.3, 0.4) is 0 Å². The highest BCUT2D eigenvalue weighted by Crippen LogP contribution is 2.13. The third kappa shape index (κ3) is 7.27. The highest BCUT2D eigenvalue weighted by molar-refractivity contribution is 9.10. The Morgan fingerprint density at radius 1 is 1.33 bits per heavy atom. The average Bonchev–Trinajstić information content (AvgIpc) is 2.34. The van der Waals surface area contributed by atoms with Crippen molar-refractivity contribution in [3.8, 4) is 0 Å². The second kappa shape index (κ2) is 7.59. The van der Waals surface area contributed by atoms with Gasteiger partial charge in [0.15, 0.2) is 0 Å². The molecule has 0 aliphatic rings. The van der Waals surface area contributed by atoms with E-state index in [4.69, 9.17) is 4.74 Å². The van der Waals surface area contributed by atoms with Gasteiger partial charge in [-0.25, -0.2) is 4.79 Å². The van der Waals surface area contributed by atoms with Gasteiger partial charge in [0.1, 0.15) is 11.6 Å². The summed E-state index contributed by atoms with van der Waals surface area (Å²) in [6.07, 6.45) is 0.968. The number of benzene rings is 1. The SMILES string of the molecule is CC(NC(=O)CCc1cccc(Br)c1)C(=O)OC(C)(C)C. The van der Waals surface area contributed by atoms with E-state index in [1.54, 1.807) is 27.7 Å². The van der Waals surface area contributed by atoms with E-state index < -0.39 is 17.6 Å². The molecule has 0 aliphatic heterocycles. The molecular formula is C16H22BrNO3. The van der Waals surface area contributed by atoms with E-state index in [0.29, 0.717) is 12.8 Å². The Balaban J connectivity index is 2.41. The summed E-state index contributed by atoms with van der Waals surface area (Å²) in [5.74, 6) is -0.577. The molecule has 0 aromatic heterocycles. The van der Waals surface area contributed by atoms with E-state index in [2.05, 4.69) is 21.2 Å². The molecule has 4 nitrogen and oxygen atoms in total. The standard InChI is InChI=1S/C16H22BrNO3/c1-11(15(20)21-16(2,3)4)18-14(19)9-8-12-6-5-7-13(17)10-12/h5-7,10-11H,8-9H2,1-4H3,(H,18,19). The number of halogens is 1. The topological polar surface area (TPSA) is 55.4 Å². The van der Waals surface area contributed by atoms with Crippen molar-refractivity contribution in [3.05, 3.63) is 34.3 Å². The van der Waals surface area contributed by atoms with Crippen molar-refractivity contribution >= 4 is 27.8 Å². The summed E-state index contributed by atoms with van der Waals surface area (Å²) in [4.78, 5) is 23.6. The summed E-state index contributed by atoms with van der Waals surface area (Å²) in [5.41, 5.74) is 0.524. The van der Waals surface area contributed by atoms with Gasteiger partial charge < -0.3 is 10.1 Å². The molecule has 0 heterocycles. The zero-order valence-electron chi connectivity index (χ0n) is 12.9. The Kier molecular flexibility index (Phi) is 6.40. The van der Waals surface area contributed by atoms with E-state index in [9.17, 15) is 9.59 Å². The van der Waals surface area contributed by atoms with Crippen LogP contribution < -0.4 is 5.32 Å². The van der Waals surface area contributed by atoms with Gasteiger partial charge in [0.2, 0.25) is 5.91 Å². The quantitative estimate of drug-likeness (QED) is 0.825. The molecule has 0 radical (unpaired) electrons. The highest BCUT2D eigenvalue weighted by atomic mass is 79.9. The van der Waals surface area contributed by atoms with E-state index >= 15 is 0 Å². The van der Waals surface area contributed by atoms with Crippen molar-refractivity contribution < 1.29 is 14.3 Å². The normalized spacial score (nSPS) is 12.6. The predicted molar refractivity (Wildman–Crippen MR) is 85.9 cm³/mol. The number of hydrogen-bond acceptors (Lipinski definition) is 3. The van der Waals surface area contributed by atoms with Crippen LogP contribution in [-0.4, -0.2) is 23.5 Å². The maximum absolute atomic E-state index is 11.9. The second-order valence-corrected chi connectivity index (χ2v) is 6.87. The number of rotatable bonds is 5. The molecule has 1 unspecified atom stereocenters. The van der Waals surface area contributed by atoms with Gasteiger partial charge in [-0.15, -0.1) is 0 Å². The first-order valence-electron chi connectivity index (χ1n) is 6.94. The smallest absolute Gasteiger partial charge is 0.328 e. The van der Waals surface area contributed by atoms with Gasteiger partial charge in [-0.3, -0.25) is 4.79 Å². The molecule has 5 heteroatoms. The predicted octanol–water partition coefficient (Wildman–Crippen LogP) is 3.23. The first kappa shape index (κ1) is 17.7. The Labute approximate surface area is 134 Å². The molecular weight excluding hydrogens is 334 g/mol. The van der Waals surface area contributed by atoms with Gasteiger partial charge in [-0.1, -0.05) is 28.1 Å². The summed E-state index contributed by atoms with van der Waals surface area (Å²) < 4.78 is 6.21. The summed E-state index contributed by atoms with van der Waals surface area (Å²) >= 11 is 3.39. The van der Waals surface area contributed by atoms with Gasteiger partial charge in [0.25, 0.3) is 0 Å². The number of esters is 1. The Morgan fingerprint density at radius 2 is 2.00 bits per heavy atom. The molecule has 0 fully saturated rings. The summed E-state index contributed by atoms with van der Waals surface area (Å²) in [7, 11) is 0. The lowest BCUT2D eigenvalue weighted by Crippen LogP contribution is -2.42. The summed E-state index contributed by atoms with van der Waals surface area (Å²) in [5, 5.41) is 2.66. The zero-order valence-corrected chi connectivity index (χ0v) is 14.5. The summed E-state index contributed by atoms with van der Waals surface area (Å²) in [6, 6.07) is 7.17. The Morgan fingerprint density at radius 3 is 2.57 bits per heavy atom. The van der Waals surface area contributed by atoms with Gasteiger partial charge in [0, 0.05) is 10.9 Å². The molecule has 0 spiro atoms. The third-order valence-electron chi connectivity index (χ3n) is 2.67. The zero-order chi connectivity index (χ0) is 16.0. The van der Waals surface area contributed by atoms with Crippen LogP contribution in [0.1, 0.15) is 39.7 Å². The third-order valence-corrected chi connectivity index (χ3v) is 3.16. The minimum absolute atomic E-state index is 0.159. The van der Waals surface area contributed by atoms with Crippen molar-refractivity contribution in [1.82, 2.24) is 5.32 Å². The Hall–Kier alpha value is -1.36. The molecule has 21 heavy (non-hydrogen) atoms. The molecule has 1 atom stereocenters. The van der Waals surface area contributed by atoms with Crippen molar-refractivity contribution in [3.63, 3.8) is 0 Å². The average molecular weight is 356 g/mol. The van der Waals surface area contributed by atoms with Crippen molar-refractivity contribution in [2.24, 2.45) is 0 Å². The second-order valence-electron chi connectivity index (χ2n) is 5.95. The fourth-order valence-electron chi connectivity index (χ4n) is 1.71. The molecule has 0 bridgehead atoms. The lowest BCUT2D eigenvalue weighted by Gasteiger charge is -2.22. The fraction of sp³-hybridized carbons (Fsp3) is 0.500. The minimum Gasteiger partial charge on any atom is -0.458 e. The maximum Gasteiger partial charge on any atom is 0.328 e. The fourth-order valence-corrected chi connectivity index (χ4v) is 2.16. The van der Waals surface area contributed by atoms with Crippen LogP contribution in [-0.2, 0) is 20.7 Å². The molecule has 0 saturated heterocycles. The monoisotopic (exact) mass is 355 g/mol. The lowest BCUT2D eigenvalue weighted by atomic mass is 10.1. The van der Waals surface area contributed by atoms with Gasteiger partial charge in [-0.2, -0.15) is 0 Å².